The minimum atomic E-state index is -0.356. The van der Waals surface area contributed by atoms with Gasteiger partial charge in [0.05, 0.1) is 25.4 Å². The maximum absolute atomic E-state index is 12.2. The summed E-state index contributed by atoms with van der Waals surface area (Å²) in [5.74, 6) is 1.51. The van der Waals surface area contributed by atoms with Gasteiger partial charge in [-0.2, -0.15) is 0 Å². The van der Waals surface area contributed by atoms with Crippen LogP contribution >= 0.6 is 0 Å². The predicted molar refractivity (Wildman–Crippen MR) is 125 cm³/mol. The van der Waals surface area contributed by atoms with Crippen LogP contribution in [-0.4, -0.2) is 54.3 Å². The standard InChI is InChI=1S/C27H40O6/c1-2-3-4-7-20(28)9-10-22-23-13-18-6-5-8-26(24(18)14-19(23)15-25(22)29)32-17-27(30)33-21-11-12-31-16-21/h5-6,8,19-23,25,28-29H,2-4,7,9-17H2,1H3/t19-,20-,21?,22+,23-,25+/m0/s1. The van der Waals surface area contributed by atoms with E-state index in [2.05, 4.69) is 13.0 Å². The van der Waals surface area contributed by atoms with E-state index in [1.807, 2.05) is 12.1 Å². The van der Waals surface area contributed by atoms with E-state index in [0.717, 1.165) is 57.1 Å². The van der Waals surface area contributed by atoms with Crippen molar-refractivity contribution in [1.82, 2.24) is 0 Å². The van der Waals surface area contributed by atoms with Crippen LogP contribution in [0.1, 0.15) is 69.4 Å². The van der Waals surface area contributed by atoms with E-state index < -0.39 is 0 Å². The van der Waals surface area contributed by atoms with Gasteiger partial charge >= 0.3 is 5.97 Å². The second kappa shape index (κ2) is 11.7. The molecule has 0 radical (unpaired) electrons. The largest absolute Gasteiger partial charge is 0.482 e. The van der Waals surface area contributed by atoms with E-state index in [-0.39, 0.29) is 36.8 Å². The smallest absolute Gasteiger partial charge is 0.344 e. The van der Waals surface area contributed by atoms with Crippen LogP contribution in [0.2, 0.25) is 0 Å². The Morgan fingerprint density at radius 1 is 1.24 bits per heavy atom. The Hall–Kier alpha value is -1.63. The summed E-state index contributed by atoms with van der Waals surface area (Å²) >= 11 is 0. The summed E-state index contributed by atoms with van der Waals surface area (Å²) in [7, 11) is 0. The maximum atomic E-state index is 12.2. The third-order valence-corrected chi connectivity index (χ3v) is 7.85. The Morgan fingerprint density at radius 3 is 2.91 bits per heavy atom. The van der Waals surface area contributed by atoms with Crippen LogP contribution in [0.4, 0.5) is 0 Å². The highest BCUT2D eigenvalue weighted by molar-refractivity contribution is 5.71. The molecule has 6 atom stereocenters. The minimum Gasteiger partial charge on any atom is -0.482 e. The summed E-state index contributed by atoms with van der Waals surface area (Å²) in [6, 6.07) is 6.07. The second-order valence-electron chi connectivity index (χ2n) is 10.2. The maximum Gasteiger partial charge on any atom is 0.344 e. The first-order valence-corrected chi connectivity index (χ1v) is 12.9. The van der Waals surface area contributed by atoms with E-state index in [1.54, 1.807) is 0 Å². The number of carbonyl (C=O) groups excluding carboxylic acids is 1. The van der Waals surface area contributed by atoms with Crippen LogP contribution < -0.4 is 4.74 Å². The average molecular weight is 461 g/mol. The van der Waals surface area contributed by atoms with E-state index in [9.17, 15) is 15.0 Å². The zero-order chi connectivity index (χ0) is 23.2. The van der Waals surface area contributed by atoms with Crippen LogP contribution in [0.15, 0.2) is 18.2 Å². The van der Waals surface area contributed by atoms with Crippen LogP contribution in [0.25, 0.3) is 0 Å². The number of esters is 1. The first-order chi connectivity index (χ1) is 16.0. The lowest BCUT2D eigenvalue weighted by Crippen LogP contribution is -2.28. The quantitative estimate of drug-likeness (QED) is 0.386. The van der Waals surface area contributed by atoms with E-state index >= 15 is 0 Å². The van der Waals surface area contributed by atoms with Gasteiger partial charge in [0.25, 0.3) is 0 Å². The van der Waals surface area contributed by atoms with Gasteiger partial charge in [0, 0.05) is 6.42 Å². The fourth-order valence-electron chi connectivity index (χ4n) is 6.06. The SMILES string of the molecule is CCCCC[C@H](O)CC[C@@H]1[C@H]2Cc3cccc(OCC(=O)OC4CCOC4)c3C[C@H]2C[C@H]1O. The number of ether oxygens (including phenoxy) is 3. The lowest BCUT2D eigenvalue weighted by atomic mass is 9.73. The molecule has 184 valence electrons. The van der Waals surface area contributed by atoms with Crippen molar-refractivity contribution in [2.45, 2.75) is 89.4 Å². The monoisotopic (exact) mass is 460 g/mol. The highest BCUT2D eigenvalue weighted by atomic mass is 16.6. The zero-order valence-electron chi connectivity index (χ0n) is 19.9. The molecule has 1 aromatic carbocycles. The van der Waals surface area contributed by atoms with E-state index in [0.29, 0.717) is 25.0 Å². The molecule has 6 nitrogen and oxygen atoms in total. The molecule has 1 unspecified atom stereocenters. The fraction of sp³-hybridized carbons (Fsp3) is 0.741. The number of carbonyl (C=O) groups is 1. The highest BCUT2D eigenvalue weighted by Crippen LogP contribution is 2.48. The van der Waals surface area contributed by atoms with Crippen molar-refractivity contribution >= 4 is 5.97 Å². The summed E-state index contributed by atoms with van der Waals surface area (Å²) in [4.78, 5) is 12.2. The van der Waals surface area contributed by atoms with Gasteiger partial charge in [-0.15, -0.1) is 0 Å². The molecule has 2 N–H and O–H groups in total. The average Bonchev–Trinajstić information content (AvgIpc) is 3.41. The Kier molecular flexibility index (Phi) is 8.67. The number of aliphatic hydroxyl groups excluding tert-OH is 2. The number of hydrogen-bond donors (Lipinski definition) is 2. The molecule has 6 heteroatoms. The lowest BCUT2D eigenvalue weighted by molar-refractivity contribution is -0.151. The summed E-state index contributed by atoms with van der Waals surface area (Å²) in [6.45, 7) is 3.19. The number of fused-ring (bicyclic) bond motifs is 2. The lowest BCUT2D eigenvalue weighted by Gasteiger charge is -2.32. The van der Waals surface area contributed by atoms with E-state index in [1.165, 1.54) is 24.0 Å². The van der Waals surface area contributed by atoms with E-state index in [4.69, 9.17) is 14.2 Å². The molecule has 0 aromatic heterocycles. The minimum absolute atomic E-state index is 0.0950. The number of hydrogen-bond acceptors (Lipinski definition) is 6. The van der Waals surface area contributed by atoms with Gasteiger partial charge in [-0.3, -0.25) is 0 Å². The predicted octanol–water partition coefficient (Wildman–Crippen LogP) is 3.83. The van der Waals surface area contributed by atoms with Gasteiger partial charge in [0.2, 0.25) is 0 Å². The Labute approximate surface area is 197 Å². The number of aliphatic hydroxyl groups is 2. The highest BCUT2D eigenvalue weighted by Gasteiger charge is 2.44. The molecule has 0 bridgehead atoms. The third-order valence-electron chi connectivity index (χ3n) is 7.85. The molecule has 33 heavy (non-hydrogen) atoms. The van der Waals surface area contributed by atoms with Gasteiger partial charge in [-0.1, -0.05) is 38.3 Å². The normalized spacial score (nSPS) is 29.4. The molecule has 2 aliphatic carbocycles. The molecular formula is C27H40O6. The Bertz CT molecular complexity index is 774. The van der Waals surface area contributed by atoms with Crippen molar-refractivity contribution in [3.05, 3.63) is 29.3 Å². The molecular weight excluding hydrogens is 420 g/mol. The molecule has 4 rings (SSSR count). The molecule has 3 aliphatic rings. The molecule has 0 amide bonds. The van der Waals surface area contributed by atoms with Crippen molar-refractivity contribution in [2.24, 2.45) is 17.8 Å². The van der Waals surface area contributed by atoms with Crippen molar-refractivity contribution in [1.29, 1.82) is 0 Å². The molecule has 1 aliphatic heterocycles. The molecule has 1 saturated heterocycles. The van der Waals surface area contributed by atoms with Gasteiger partial charge in [-0.25, -0.2) is 4.79 Å². The van der Waals surface area contributed by atoms with Crippen molar-refractivity contribution < 1.29 is 29.2 Å². The van der Waals surface area contributed by atoms with Crippen molar-refractivity contribution in [3.63, 3.8) is 0 Å². The van der Waals surface area contributed by atoms with Crippen LogP contribution in [0.5, 0.6) is 5.75 Å². The molecule has 1 saturated carbocycles. The number of unbranched alkanes of at least 4 members (excludes halogenated alkanes) is 2. The Balaban J connectivity index is 1.33. The van der Waals surface area contributed by atoms with Gasteiger partial charge in [0.15, 0.2) is 6.61 Å². The molecule has 2 fully saturated rings. The first kappa shape index (κ1) is 24.5. The summed E-state index contributed by atoms with van der Waals surface area (Å²) in [6.07, 6.45) is 8.57. The summed E-state index contributed by atoms with van der Waals surface area (Å²) < 4.78 is 16.6. The van der Waals surface area contributed by atoms with Gasteiger partial charge in [-0.05, 0) is 73.5 Å². The molecule has 0 spiro atoms. The Morgan fingerprint density at radius 2 is 2.12 bits per heavy atom. The summed E-state index contributed by atoms with van der Waals surface area (Å²) in [5.41, 5.74) is 2.43. The number of rotatable bonds is 11. The molecule has 1 aromatic rings. The van der Waals surface area contributed by atoms with Crippen LogP contribution in [0, 0.1) is 17.8 Å². The number of benzene rings is 1. The third kappa shape index (κ3) is 6.28. The second-order valence-corrected chi connectivity index (χ2v) is 10.2. The fourth-order valence-corrected chi connectivity index (χ4v) is 6.06. The zero-order valence-corrected chi connectivity index (χ0v) is 19.9. The van der Waals surface area contributed by atoms with Crippen molar-refractivity contribution in [2.75, 3.05) is 19.8 Å². The summed E-state index contributed by atoms with van der Waals surface area (Å²) in [5, 5.41) is 21.2. The van der Waals surface area contributed by atoms with Gasteiger partial charge < -0.3 is 24.4 Å². The topological polar surface area (TPSA) is 85.2 Å². The van der Waals surface area contributed by atoms with Crippen LogP contribution in [-0.2, 0) is 27.1 Å². The van der Waals surface area contributed by atoms with Crippen LogP contribution in [0.3, 0.4) is 0 Å². The van der Waals surface area contributed by atoms with Crippen molar-refractivity contribution in [3.8, 4) is 5.75 Å². The molecule has 1 heterocycles. The van der Waals surface area contributed by atoms with Gasteiger partial charge in [0.1, 0.15) is 11.9 Å². The first-order valence-electron chi connectivity index (χ1n) is 12.9.